The lowest BCUT2D eigenvalue weighted by molar-refractivity contribution is -0.118. The van der Waals surface area contributed by atoms with E-state index in [9.17, 15) is 4.79 Å². The lowest BCUT2D eigenvalue weighted by Crippen LogP contribution is -2.25. The number of thioether (sulfide) groups is 2. The van der Waals surface area contributed by atoms with E-state index in [4.69, 9.17) is 4.74 Å². The van der Waals surface area contributed by atoms with Gasteiger partial charge in [-0.1, -0.05) is 34.9 Å². The largest absolute Gasteiger partial charge is 0.494 e. The Balaban J connectivity index is 1.35. The summed E-state index contributed by atoms with van der Waals surface area (Å²) in [7, 11) is 0. The molecular weight excluding hydrogens is 426 g/mol. The molecule has 0 spiro atoms. The molecule has 1 aromatic carbocycles. The fraction of sp³-hybridized carbons (Fsp3) is 0.316. The number of ether oxygens (including phenoxy) is 1. The summed E-state index contributed by atoms with van der Waals surface area (Å²) in [6, 6.07) is 7.69. The van der Waals surface area contributed by atoms with E-state index in [2.05, 4.69) is 25.5 Å². The predicted octanol–water partition coefficient (Wildman–Crippen LogP) is 4.77. The smallest absolute Gasteiger partial charge is 0.261 e. The average molecular weight is 446 g/mol. The average Bonchev–Trinajstić information content (AvgIpc) is 3.26. The first-order valence-electron chi connectivity index (χ1n) is 9.05. The summed E-state index contributed by atoms with van der Waals surface area (Å²) in [5.74, 6) is 1.46. The highest BCUT2D eigenvalue weighted by Crippen LogP contribution is 2.40. The van der Waals surface area contributed by atoms with Crippen molar-refractivity contribution >= 4 is 62.5 Å². The number of benzene rings is 1. The van der Waals surface area contributed by atoms with E-state index in [1.807, 2.05) is 45.0 Å². The van der Waals surface area contributed by atoms with E-state index >= 15 is 0 Å². The van der Waals surface area contributed by atoms with Gasteiger partial charge >= 0.3 is 0 Å². The molecule has 1 aromatic heterocycles. The molecule has 0 bridgehead atoms. The maximum atomic E-state index is 12.4. The second-order valence-electron chi connectivity index (χ2n) is 6.33. The van der Waals surface area contributed by atoms with Crippen molar-refractivity contribution < 1.29 is 9.53 Å². The normalized spacial score (nSPS) is 18.4. The van der Waals surface area contributed by atoms with Gasteiger partial charge in [0.2, 0.25) is 5.13 Å². The Morgan fingerprint density at radius 2 is 1.97 bits per heavy atom. The molecule has 2 aliphatic rings. The molecule has 2 aromatic rings. The number of rotatable bonds is 7. The van der Waals surface area contributed by atoms with E-state index in [1.165, 1.54) is 23.1 Å². The first kappa shape index (κ1) is 20.1. The van der Waals surface area contributed by atoms with Crippen LogP contribution in [0.4, 0.5) is 10.8 Å². The molecule has 3 heterocycles. The third-order valence-electron chi connectivity index (χ3n) is 4.37. The lowest BCUT2D eigenvalue weighted by atomic mass is 10.0. The number of carbonyl (C=O) groups excluding carboxylic acids is 1. The number of fused-ring (bicyclic) bond motifs is 1. The molecule has 0 aliphatic carbocycles. The topological polar surface area (TPSA) is 88.8 Å². The SMILES string of the molecule is CCOc1ccc(Nc2nnc(SCC3=NC(=O)C4C(=N3)SC(C)=C4C)s2)cc1. The number of amides is 1. The zero-order valence-electron chi connectivity index (χ0n) is 16.1. The number of allylic oxidation sites excluding steroid dienone is 1. The maximum absolute atomic E-state index is 12.4. The molecule has 150 valence electrons. The third-order valence-corrected chi connectivity index (χ3v) is 7.50. The quantitative estimate of drug-likeness (QED) is 0.614. The minimum Gasteiger partial charge on any atom is -0.494 e. The van der Waals surface area contributed by atoms with Crippen molar-refractivity contribution in [2.75, 3.05) is 17.7 Å². The van der Waals surface area contributed by atoms with E-state index in [0.29, 0.717) is 23.3 Å². The molecular formula is C19H19N5O2S3. The number of aliphatic imine (C=N–C) groups is 2. The van der Waals surface area contributed by atoms with Gasteiger partial charge in [0, 0.05) is 5.69 Å². The van der Waals surface area contributed by atoms with Crippen LogP contribution in [0.2, 0.25) is 0 Å². The molecule has 1 atom stereocenters. The summed E-state index contributed by atoms with van der Waals surface area (Å²) in [5.41, 5.74) is 1.97. The summed E-state index contributed by atoms with van der Waals surface area (Å²) in [5, 5.41) is 13.1. The van der Waals surface area contributed by atoms with Crippen molar-refractivity contribution in [1.29, 1.82) is 0 Å². The van der Waals surface area contributed by atoms with E-state index in [0.717, 1.165) is 31.3 Å². The van der Waals surface area contributed by atoms with Gasteiger partial charge in [0.1, 0.15) is 17.5 Å². The van der Waals surface area contributed by atoms with Crippen LogP contribution in [0.15, 0.2) is 49.1 Å². The summed E-state index contributed by atoms with van der Waals surface area (Å²) in [6.07, 6.45) is 0. The van der Waals surface area contributed by atoms with Crippen LogP contribution in [0.5, 0.6) is 5.75 Å². The molecule has 1 N–H and O–H groups in total. The molecule has 0 radical (unpaired) electrons. The van der Waals surface area contributed by atoms with Gasteiger partial charge in [-0.15, -0.1) is 10.2 Å². The molecule has 2 aliphatic heterocycles. The zero-order chi connectivity index (χ0) is 20.4. The van der Waals surface area contributed by atoms with Crippen molar-refractivity contribution in [2.24, 2.45) is 15.9 Å². The van der Waals surface area contributed by atoms with Crippen molar-refractivity contribution in [3.05, 3.63) is 34.7 Å². The van der Waals surface area contributed by atoms with E-state index < -0.39 is 0 Å². The highest BCUT2D eigenvalue weighted by Gasteiger charge is 2.36. The minimum absolute atomic E-state index is 0.123. The summed E-state index contributed by atoms with van der Waals surface area (Å²) in [4.78, 5) is 22.3. The first-order valence-corrected chi connectivity index (χ1v) is 11.7. The van der Waals surface area contributed by atoms with Gasteiger partial charge in [-0.05, 0) is 55.5 Å². The van der Waals surface area contributed by atoms with Gasteiger partial charge < -0.3 is 10.1 Å². The van der Waals surface area contributed by atoms with Crippen LogP contribution in [-0.2, 0) is 4.79 Å². The number of hydrogen-bond acceptors (Lipinski definition) is 9. The van der Waals surface area contributed by atoms with Crippen LogP contribution in [0.3, 0.4) is 0 Å². The van der Waals surface area contributed by atoms with Crippen molar-refractivity contribution in [3.8, 4) is 5.75 Å². The standard InChI is InChI=1S/C19H19N5O2S3/c1-4-26-13-7-5-12(6-8-13)20-18-23-24-19(29-18)27-9-14-21-16(25)15-10(2)11(3)28-17(15)22-14/h5-8,15H,4,9H2,1-3H3,(H,20,23). The Morgan fingerprint density at radius 3 is 2.72 bits per heavy atom. The van der Waals surface area contributed by atoms with Crippen molar-refractivity contribution in [2.45, 2.75) is 25.1 Å². The highest BCUT2D eigenvalue weighted by atomic mass is 32.2. The number of carbonyl (C=O) groups is 1. The number of amidine groups is 1. The van der Waals surface area contributed by atoms with Gasteiger partial charge in [0.15, 0.2) is 4.34 Å². The minimum atomic E-state index is -0.278. The number of nitrogens with one attached hydrogen (secondary N) is 1. The first-order chi connectivity index (χ1) is 14.0. The molecule has 29 heavy (non-hydrogen) atoms. The van der Waals surface area contributed by atoms with Crippen LogP contribution < -0.4 is 10.1 Å². The molecule has 1 amide bonds. The van der Waals surface area contributed by atoms with Crippen LogP contribution in [0.1, 0.15) is 20.8 Å². The van der Waals surface area contributed by atoms with Crippen molar-refractivity contribution in [1.82, 2.24) is 10.2 Å². The Labute approximate surface area is 181 Å². The molecule has 10 heteroatoms. The number of aromatic nitrogens is 2. The summed E-state index contributed by atoms with van der Waals surface area (Å²) < 4.78 is 6.24. The summed E-state index contributed by atoms with van der Waals surface area (Å²) >= 11 is 4.50. The Morgan fingerprint density at radius 1 is 1.17 bits per heavy atom. The number of anilines is 2. The van der Waals surface area contributed by atoms with Crippen LogP contribution in [0.25, 0.3) is 0 Å². The van der Waals surface area contributed by atoms with Gasteiger partial charge in [-0.3, -0.25) is 4.79 Å². The fourth-order valence-corrected chi connectivity index (χ4v) is 5.61. The molecule has 0 saturated heterocycles. The van der Waals surface area contributed by atoms with Crippen LogP contribution >= 0.6 is 34.9 Å². The van der Waals surface area contributed by atoms with Crippen LogP contribution in [-0.4, -0.2) is 39.3 Å². The van der Waals surface area contributed by atoms with Gasteiger partial charge in [0.25, 0.3) is 5.91 Å². The van der Waals surface area contributed by atoms with Crippen molar-refractivity contribution in [3.63, 3.8) is 0 Å². The second kappa shape index (κ2) is 8.68. The number of hydrogen-bond donors (Lipinski definition) is 1. The highest BCUT2D eigenvalue weighted by molar-refractivity contribution is 8.17. The molecule has 7 nitrogen and oxygen atoms in total. The van der Waals surface area contributed by atoms with Crippen LogP contribution in [0, 0.1) is 5.92 Å². The third kappa shape index (κ3) is 4.54. The van der Waals surface area contributed by atoms with Gasteiger partial charge in [0.05, 0.1) is 17.4 Å². The monoisotopic (exact) mass is 445 g/mol. The molecule has 0 saturated carbocycles. The Hall–Kier alpha value is -2.17. The van der Waals surface area contributed by atoms with E-state index in [-0.39, 0.29) is 11.8 Å². The maximum Gasteiger partial charge on any atom is 0.261 e. The summed E-state index contributed by atoms with van der Waals surface area (Å²) in [6.45, 7) is 6.59. The Bertz CT molecular complexity index is 1030. The predicted molar refractivity (Wildman–Crippen MR) is 121 cm³/mol. The molecule has 1 unspecified atom stereocenters. The van der Waals surface area contributed by atoms with Gasteiger partial charge in [-0.2, -0.15) is 4.99 Å². The number of nitrogens with zero attached hydrogens (tertiary/aromatic N) is 4. The lowest BCUT2D eigenvalue weighted by Gasteiger charge is -2.14. The zero-order valence-corrected chi connectivity index (χ0v) is 18.6. The fourth-order valence-electron chi connectivity index (χ4n) is 2.84. The molecule has 4 rings (SSSR count). The van der Waals surface area contributed by atoms with E-state index in [1.54, 1.807) is 11.8 Å². The van der Waals surface area contributed by atoms with Gasteiger partial charge in [-0.25, -0.2) is 4.99 Å². The molecule has 0 fully saturated rings. The second-order valence-corrected chi connectivity index (χ2v) is 9.77. The Kier molecular flexibility index (Phi) is 6.02.